The minimum absolute atomic E-state index is 0.160. The fourth-order valence-electron chi connectivity index (χ4n) is 1.73. The number of aldehydes is 1. The second-order valence-corrected chi connectivity index (χ2v) is 4.46. The van der Waals surface area contributed by atoms with Gasteiger partial charge in [-0.15, -0.1) is 0 Å². The van der Waals surface area contributed by atoms with E-state index in [9.17, 15) is 4.79 Å². The van der Waals surface area contributed by atoms with E-state index in [2.05, 4.69) is 9.97 Å². The van der Waals surface area contributed by atoms with Gasteiger partial charge in [0, 0.05) is 11.7 Å². The summed E-state index contributed by atoms with van der Waals surface area (Å²) in [5.74, 6) is 0.450. The first-order chi connectivity index (χ1) is 7.04. The number of hydrogen-bond acceptors (Lipinski definition) is 3. The number of rotatable bonds is 1. The number of imidazole rings is 1. The standard InChI is InChI=1S/C11H13N3O/c1-11(2,3)14-9-4-5-12-6-8(9)13-10(14)7-15/h4-7H,1-3H3. The highest BCUT2D eigenvalue weighted by atomic mass is 16.1. The maximum atomic E-state index is 10.9. The van der Waals surface area contributed by atoms with E-state index in [1.54, 1.807) is 12.4 Å². The second kappa shape index (κ2) is 3.15. The van der Waals surface area contributed by atoms with Gasteiger partial charge in [-0.1, -0.05) is 0 Å². The van der Waals surface area contributed by atoms with Crippen LogP contribution >= 0.6 is 0 Å². The Hall–Kier alpha value is -1.71. The van der Waals surface area contributed by atoms with Crippen LogP contribution in [0.15, 0.2) is 18.5 Å². The fraction of sp³-hybridized carbons (Fsp3) is 0.364. The summed E-state index contributed by atoms with van der Waals surface area (Å²) in [6.45, 7) is 6.13. The Kier molecular flexibility index (Phi) is 2.07. The Balaban J connectivity index is 2.84. The molecule has 15 heavy (non-hydrogen) atoms. The van der Waals surface area contributed by atoms with Crippen molar-refractivity contribution in [1.29, 1.82) is 0 Å². The van der Waals surface area contributed by atoms with Crippen LogP contribution in [-0.4, -0.2) is 20.8 Å². The van der Waals surface area contributed by atoms with Gasteiger partial charge in [-0.25, -0.2) is 4.98 Å². The molecule has 0 aromatic carbocycles. The average Bonchev–Trinajstić information content (AvgIpc) is 2.54. The van der Waals surface area contributed by atoms with Gasteiger partial charge < -0.3 is 4.57 Å². The quantitative estimate of drug-likeness (QED) is 0.666. The minimum Gasteiger partial charge on any atom is -0.316 e. The van der Waals surface area contributed by atoms with Crippen molar-refractivity contribution in [2.24, 2.45) is 0 Å². The van der Waals surface area contributed by atoms with E-state index in [-0.39, 0.29) is 5.54 Å². The van der Waals surface area contributed by atoms with Crippen LogP contribution in [0.3, 0.4) is 0 Å². The molecule has 0 bridgehead atoms. The third-order valence-electron chi connectivity index (χ3n) is 2.26. The van der Waals surface area contributed by atoms with E-state index in [4.69, 9.17) is 0 Å². The molecule has 78 valence electrons. The number of pyridine rings is 1. The molecule has 0 aliphatic heterocycles. The first kappa shape index (κ1) is 9.83. The largest absolute Gasteiger partial charge is 0.316 e. The van der Waals surface area contributed by atoms with E-state index in [1.165, 1.54) is 0 Å². The van der Waals surface area contributed by atoms with Gasteiger partial charge in [0.05, 0.1) is 11.7 Å². The van der Waals surface area contributed by atoms with Crippen LogP contribution in [0.25, 0.3) is 11.0 Å². The van der Waals surface area contributed by atoms with Gasteiger partial charge in [-0.3, -0.25) is 9.78 Å². The molecule has 0 amide bonds. The Morgan fingerprint density at radius 3 is 2.73 bits per heavy atom. The third-order valence-corrected chi connectivity index (χ3v) is 2.26. The van der Waals surface area contributed by atoms with Gasteiger partial charge in [-0.05, 0) is 26.8 Å². The zero-order valence-corrected chi connectivity index (χ0v) is 9.06. The number of hydrogen-bond donors (Lipinski definition) is 0. The summed E-state index contributed by atoms with van der Waals surface area (Å²) in [5.41, 5.74) is 1.54. The molecule has 2 rings (SSSR count). The Morgan fingerprint density at radius 2 is 2.13 bits per heavy atom. The number of fused-ring (bicyclic) bond motifs is 1. The van der Waals surface area contributed by atoms with Crippen molar-refractivity contribution in [3.8, 4) is 0 Å². The normalized spacial score (nSPS) is 11.9. The van der Waals surface area contributed by atoms with Crippen molar-refractivity contribution < 1.29 is 4.79 Å². The van der Waals surface area contributed by atoms with Crippen molar-refractivity contribution in [2.75, 3.05) is 0 Å². The Morgan fingerprint density at radius 1 is 1.40 bits per heavy atom. The van der Waals surface area contributed by atoms with Crippen molar-refractivity contribution in [3.05, 3.63) is 24.3 Å². The number of nitrogens with zero attached hydrogens (tertiary/aromatic N) is 3. The molecule has 0 fully saturated rings. The number of carbonyl (C=O) groups is 1. The predicted molar refractivity (Wildman–Crippen MR) is 57.9 cm³/mol. The molecule has 0 aliphatic carbocycles. The molecule has 0 atom stereocenters. The summed E-state index contributed by atoms with van der Waals surface area (Å²) in [5, 5.41) is 0. The molecule has 0 N–H and O–H groups in total. The maximum Gasteiger partial charge on any atom is 0.185 e. The van der Waals surface area contributed by atoms with Crippen molar-refractivity contribution in [3.63, 3.8) is 0 Å². The van der Waals surface area contributed by atoms with Crippen LogP contribution in [0.5, 0.6) is 0 Å². The van der Waals surface area contributed by atoms with Gasteiger partial charge >= 0.3 is 0 Å². The molecule has 4 heteroatoms. The lowest BCUT2D eigenvalue weighted by Crippen LogP contribution is -2.23. The highest BCUT2D eigenvalue weighted by Gasteiger charge is 2.20. The lowest BCUT2D eigenvalue weighted by molar-refractivity contribution is 0.110. The van der Waals surface area contributed by atoms with Gasteiger partial charge in [0.2, 0.25) is 0 Å². The topological polar surface area (TPSA) is 47.8 Å². The SMILES string of the molecule is CC(C)(C)n1c(C=O)nc2cnccc21. The van der Waals surface area contributed by atoms with Crippen LogP contribution in [-0.2, 0) is 5.54 Å². The zero-order chi connectivity index (χ0) is 11.1. The van der Waals surface area contributed by atoms with Crippen molar-refractivity contribution in [2.45, 2.75) is 26.3 Å². The molecule has 0 spiro atoms. The molecule has 0 aliphatic rings. The number of aromatic nitrogens is 3. The molecular formula is C11H13N3O. The van der Waals surface area contributed by atoms with E-state index >= 15 is 0 Å². The van der Waals surface area contributed by atoms with E-state index in [1.807, 2.05) is 31.4 Å². The van der Waals surface area contributed by atoms with Crippen LogP contribution in [0.1, 0.15) is 31.4 Å². The van der Waals surface area contributed by atoms with Gasteiger partial charge in [-0.2, -0.15) is 0 Å². The molecule has 0 unspecified atom stereocenters. The van der Waals surface area contributed by atoms with E-state index in [0.29, 0.717) is 5.82 Å². The molecular weight excluding hydrogens is 190 g/mol. The Bertz CT molecular complexity index is 508. The summed E-state index contributed by atoms with van der Waals surface area (Å²) in [6.07, 6.45) is 4.16. The lowest BCUT2D eigenvalue weighted by Gasteiger charge is -2.22. The summed E-state index contributed by atoms with van der Waals surface area (Å²) >= 11 is 0. The molecule has 0 radical (unpaired) electrons. The first-order valence-electron chi connectivity index (χ1n) is 4.82. The molecule has 2 heterocycles. The summed E-state index contributed by atoms with van der Waals surface area (Å²) in [6, 6.07) is 1.88. The molecule has 4 nitrogen and oxygen atoms in total. The Labute approximate surface area is 88.0 Å². The highest BCUT2D eigenvalue weighted by molar-refractivity contribution is 5.82. The van der Waals surface area contributed by atoms with Crippen LogP contribution < -0.4 is 0 Å². The molecule has 0 saturated heterocycles. The first-order valence-corrected chi connectivity index (χ1v) is 4.82. The summed E-state index contributed by atoms with van der Waals surface area (Å²) in [4.78, 5) is 19.2. The predicted octanol–water partition coefficient (Wildman–Crippen LogP) is 2.00. The van der Waals surface area contributed by atoms with Crippen molar-refractivity contribution >= 4 is 17.3 Å². The van der Waals surface area contributed by atoms with Crippen LogP contribution in [0.4, 0.5) is 0 Å². The molecule has 2 aromatic heterocycles. The zero-order valence-electron chi connectivity index (χ0n) is 9.06. The van der Waals surface area contributed by atoms with Gasteiger partial charge in [0.25, 0.3) is 0 Å². The van der Waals surface area contributed by atoms with E-state index in [0.717, 1.165) is 17.3 Å². The van der Waals surface area contributed by atoms with Crippen LogP contribution in [0, 0.1) is 0 Å². The third kappa shape index (κ3) is 1.52. The molecule has 2 aromatic rings. The smallest absolute Gasteiger partial charge is 0.185 e. The maximum absolute atomic E-state index is 10.9. The van der Waals surface area contributed by atoms with Gasteiger partial charge in [0.1, 0.15) is 5.52 Å². The minimum atomic E-state index is -0.160. The monoisotopic (exact) mass is 203 g/mol. The average molecular weight is 203 g/mol. The summed E-state index contributed by atoms with van der Waals surface area (Å²) in [7, 11) is 0. The van der Waals surface area contributed by atoms with Gasteiger partial charge in [0.15, 0.2) is 12.1 Å². The molecule has 0 saturated carbocycles. The highest BCUT2D eigenvalue weighted by Crippen LogP contribution is 2.23. The number of carbonyl (C=O) groups excluding carboxylic acids is 1. The fourth-order valence-corrected chi connectivity index (χ4v) is 1.73. The van der Waals surface area contributed by atoms with E-state index < -0.39 is 0 Å². The second-order valence-electron chi connectivity index (χ2n) is 4.46. The summed E-state index contributed by atoms with van der Waals surface area (Å²) < 4.78 is 1.93. The van der Waals surface area contributed by atoms with Crippen LogP contribution in [0.2, 0.25) is 0 Å². The van der Waals surface area contributed by atoms with Crippen molar-refractivity contribution in [1.82, 2.24) is 14.5 Å². The lowest BCUT2D eigenvalue weighted by atomic mass is 10.1.